The molecule has 1 atom stereocenters. The number of urea groups is 1. The average molecular weight is 274 g/mol. The molecule has 0 spiro atoms. The van der Waals surface area contributed by atoms with Crippen LogP contribution in [0, 0.1) is 0 Å². The highest BCUT2D eigenvalue weighted by atomic mass is 16.5. The summed E-state index contributed by atoms with van der Waals surface area (Å²) < 4.78 is 4.70. The molecule has 0 aromatic heterocycles. The van der Waals surface area contributed by atoms with Crippen molar-refractivity contribution in [1.29, 1.82) is 0 Å². The van der Waals surface area contributed by atoms with Gasteiger partial charge in [-0.25, -0.2) is 9.59 Å². The zero-order valence-corrected chi connectivity index (χ0v) is 11.1. The zero-order chi connectivity index (χ0) is 14.1. The molecule has 0 aromatic carbocycles. The molecule has 8 nitrogen and oxygen atoms in total. The highest BCUT2D eigenvalue weighted by Crippen LogP contribution is 1.90. The van der Waals surface area contributed by atoms with E-state index < -0.39 is 12.1 Å². The van der Waals surface area contributed by atoms with Crippen LogP contribution in [-0.4, -0.2) is 81.0 Å². The largest absolute Gasteiger partial charge is 0.479 e. The maximum absolute atomic E-state index is 11.4. The Hall–Kier alpha value is -1.38. The van der Waals surface area contributed by atoms with Crippen LogP contribution in [0.4, 0.5) is 4.79 Å². The minimum absolute atomic E-state index is 0.0503. The number of ether oxygens (including phenoxy) is 1. The molecule has 1 aliphatic rings. The van der Waals surface area contributed by atoms with Crippen molar-refractivity contribution < 1.29 is 19.4 Å². The van der Waals surface area contributed by atoms with Gasteiger partial charge in [0, 0.05) is 46.4 Å². The SMILES string of the molecule is COC(CNC(=O)NCCN1CCNCC1)C(=O)O. The van der Waals surface area contributed by atoms with Gasteiger partial charge in [-0.3, -0.25) is 4.90 Å². The molecule has 110 valence electrons. The quantitative estimate of drug-likeness (QED) is 0.441. The van der Waals surface area contributed by atoms with Crippen molar-refractivity contribution in [3.8, 4) is 0 Å². The van der Waals surface area contributed by atoms with E-state index in [1.54, 1.807) is 0 Å². The molecule has 19 heavy (non-hydrogen) atoms. The van der Waals surface area contributed by atoms with E-state index >= 15 is 0 Å². The normalized spacial score (nSPS) is 17.7. The second-order valence-corrected chi connectivity index (χ2v) is 4.29. The molecule has 1 fully saturated rings. The number of methoxy groups -OCH3 is 1. The number of carboxylic acids is 1. The molecule has 0 bridgehead atoms. The van der Waals surface area contributed by atoms with Crippen molar-refractivity contribution in [3.63, 3.8) is 0 Å². The Morgan fingerprint density at radius 3 is 2.63 bits per heavy atom. The first-order chi connectivity index (χ1) is 9.13. The maximum atomic E-state index is 11.4. The third-order valence-corrected chi connectivity index (χ3v) is 2.93. The van der Waals surface area contributed by atoms with Gasteiger partial charge in [-0.05, 0) is 0 Å². The van der Waals surface area contributed by atoms with Crippen molar-refractivity contribution in [2.45, 2.75) is 6.10 Å². The Kier molecular flexibility index (Phi) is 7.16. The van der Waals surface area contributed by atoms with Crippen LogP contribution < -0.4 is 16.0 Å². The fraction of sp³-hybridized carbons (Fsp3) is 0.818. The van der Waals surface area contributed by atoms with E-state index in [2.05, 4.69) is 20.9 Å². The Bertz CT molecular complexity index is 294. The lowest BCUT2D eigenvalue weighted by Gasteiger charge is -2.27. The molecule has 1 aliphatic heterocycles. The van der Waals surface area contributed by atoms with Gasteiger partial charge in [-0.1, -0.05) is 0 Å². The van der Waals surface area contributed by atoms with Crippen LogP contribution in [0.2, 0.25) is 0 Å². The van der Waals surface area contributed by atoms with E-state index in [4.69, 9.17) is 9.84 Å². The van der Waals surface area contributed by atoms with Gasteiger partial charge in [0.25, 0.3) is 0 Å². The molecular formula is C11H22N4O4. The highest BCUT2D eigenvalue weighted by Gasteiger charge is 2.17. The van der Waals surface area contributed by atoms with Gasteiger partial charge >= 0.3 is 12.0 Å². The smallest absolute Gasteiger partial charge is 0.334 e. The van der Waals surface area contributed by atoms with Crippen molar-refractivity contribution >= 4 is 12.0 Å². The van der Waals surface area contributed by atoms with Gasteiger partial charge in [0.2, 0.25) is 0 Å². The van der Waals surface area contributed by atoms with Gasteiger partial charge in [0.1, 0.15) is 0 Å². The standard InChI is InChI=1S/C11H22N4O4/c1-19-9(10(16)17)8-14-11(18)13-4-7-15-5-2-12-3-6-15/h9,12H,2-8H2,1H3,(H,16,17)(H2,13,14,18). The highest BCUT2D eigenvalue weighted by molar-refractivity contribution is 5.76. The predicted octanol–water partition coefficient (Wildman–Crippen LogP) is -1.71. The first-order valence-electron chi connectivity index (χ1n) is 6.34. The molecule has 2 amide bonds. The first-order valence-corrected chi connectivity index (χ1v) is 6.34. The van der Waals surface area contributed by atoms with Crippen molar-refractivity contribution in [2.75, 3.05) is 52.9 Å². The molecule has 0 aromatic rings. The van der Waals surface area contributed by atoms with Gasteiger partial charge < -0.3 is 25.8 Å². The van der Waals surface area contributed by atoms with Crippen LogP contribution in [0.15, 0.2) is 0 Å². The van der Waals surface area contributed by atoms with Crippen molar-refractivity contribution in [2.24, 2.45) is 0 Å². The summed E-state index contributed by atoms with van der Waals surface area (Å²) >= 11 is 0. The first kappa shape index (κ1) is 15.7. The molecule has 0 saturated carbocycles. The summed E-state index contributed by atoms with van der Waals surface area (Å²) in [6, 6.07) is -0.376. The fourth-order valence-corrected chi connectivity index (χ4v) is 1.78. The molecule has 0 radical (unpaired) electrons. The fourth-order valence-electron chi connectivity index (χ4n) is 1.78. The van der Waals surface area contributed by atoms with Crippen LogP contribution in [0.3, 0.4) is 0 Å². The Labute approximate surface area is 112 Å². The lowest BCUT2D eigenvalue weighted by molar-refractivity contribution is -0.147. The number of nitrogens with zero attached hydrogens (tertiary/aromatic N) is 1. The molecule has 1 heterocycles. The van der Waals surface area contributed by atoms with Gasteiger partial charge in [0.05, 0.1) is 6.54 Å². The number of carbonyl (C=O) groups is 2. The lowest BCUT2D eigenvalue weighted by atomic mass is 10.3. The average Bonchev–Trinajstić information content (AvgIpc) is 2.40. The minimum Gasteiger partial charge on any atom is -0.479 e. The number of amides is 2. The summed E-state index contributed by atoms with van der Waals surface area (Å²) in [7, 11) is 1.29. The minimum atomic E-state index is -1.09. The molecule has 4 N–H and O–H groups in total. The number of hydrogen-bond donors (Lipinski definition) is 4. The van der Waals surface area contributed by atoms with Gasteiger partial charge in [-0.15, -0.1) is 0 Å². The number of hydrogen-bond acceptors (Lipinski definition) is 5. The van der Waals surface area contributed by atoms with Crippen LogP contribution in [-0.2, 0) is 9.53 Å². The molecule has 1 rings (SSSR count). The summed E-state index contributed by atoms with van der Waals surface area (Å²) in [5, 5.41) is 17.1. The Balaban J connectivity index is 2.08. The third-order valence-electron chi connectivity index (χ3n) is 2.93. The second kappa shape index (κ2) is 8.68. The summed E-state index contributed by atoms with van der Waals surface area (Å²) in [4.78, 5) is 24.3. The molecule has 0 aliphatic carbocycles. The van der Waals surface area contributed by atoms with Crippen molar-refractivity contribution in [3.05, 3.63) is 0 Å². The van der Waals surface area contributed by atoms with E-state index in [1.807, 2.05) is 0 Å². The van der Waals surface area contributed by atoms with Crippen molar-refractivity contribution in [1.82, 2.24) is 20.9 Å². The predicted molar refractivity (Wildman–Crippen MR) is 69.1 cm³/mol. The molecular weight excluding hydrogens is 252 g/mol. The van der Waals surface area contributed by atoms with Crippen LogP contribution in [0.25, 0.3) is 0 Å². The van der Waals surface area contributed by atoms with E-state index in [-0.39, 0.29) is 12.6 Å². The van der Waals surface area contributed by atoms with E-state index in [9.17, 15) is 9.59 Å². The zero-order valence-electron chi connectivity index (χ0n) is 11.1. The topological polar surface area (TPSA) is 103 Å². The summed E-state index contributed by atoms with van der Waals surface area (Å²) in [6.07, 6.45) is -1.01. The number of nitrogens with one attached hydrogen (secondary N) is 3. The molecule has 1 unspecified atom stereocenters. The number of carboxylic acid groups (broad SMARTS) is 1. The van der Waals surface area contributed by atoms with Crippen LogP contribution in [0.1, 0.15) is 0 Å². The Morgan fingerprint density at radius 2 is 2.05 bits per heavy atom. The summed E-state index contributed by atoms with van der Waals surface area (Å²) in [5.41, 5.74) is 0. The van der Waals surface area contributed by atoms with E-state index in [1.165, 1.54) is 7.11 Å². The Morgan fingerprint density at radius 1 is 1.37 bits per heavy atom. The third kappa shape index (κ3) is 6.37. The lowest BCUT2D eigenvalue weighted by Crippen LogP contribution is -2.48. The second-order valence-electron chi connectivity index (χ2n) is 4.29. The number of aliphatic carboxylic acids is 1. The van der Waals surface area contributed by atoms with Crippen LogP contribution >= 0.6 is 0 Å². The summed E-state index contributed by atoms with van der Waals surface area (Å²) in [6.45, 7) is 5.19. The number of rotatable bonds is 7. The number of carbonyl (C=O) groups excluding carboxylic acids is 1. The monoisotopic (exact) mass is 274 g/mol. The summed E-state index contributed by atoms with van der Waals surface area (Å²) in [5.74, 6) is -1.09. The van der Waals surface area contributed by atoms with Crippen LogP contribution in [0.5, 0.6) is 0 Å². The maximum Gasteiger partial charge on any atom is 0.334 e. The van der Waals surface area contributed by atoms with E-state index in [0.29, 0.717) is 6.54 Å². The molecule has 1 saturated heterocycles. The van der Waals surface area contributed by atoms with E-state index in [0.717, 1.165) is 32.7 Å². The van der Waals surface area contributed by atoms with Gasteiger partial charge in [0.15, 0.2) is 6.10 Å². The van der Waals surface area contributed by atoms with Gasteiger partial charge in [-0.2, -0.15) is 0 Å². The number of piperazine rings is 1. The molecule has 8 heteroatoms.